The van der Waals surface area contributed by atoms with Crippen molar-refractivity contribution in [2.75, 3.05) is 0 Å². The van der Waals surface area contributed by atoms with Crippen molar-refractivity contribution in [1.29, 1.82) is 0 Å². The summed E-state index contributed by atoms with van der Waals surface area (Å²) < 4.78 is 0. The molecule has 0 spiro atoms. The molecule has 0 aliphatic rings. The molecule has 0 fully saturated rings. The maximum Gasteiger partial charge on any atom is 0.354 e. The Labute approximate surface area is 119 Å². The second kappa shape index (κ2) is 6.25. The average Bonchev–Trinajstić information content (AvgIpc) is 2.98. The van der Waals surface area contributed by atoms with Crippen LogP contribution in [-0.2, 0) is 0 Å². The Morgan fingerprint density at radius 1 is 1.40 bits per heavy atom. The molecule has 2 N–H and O–H groups in total. The number of hydrogen-bond acceptors (Lipinski definition) is 5. The highest BCUT2D eigenvalue weighted by molar-refractivity contribution is 7.09. The number of thiazole rings is 1. The third kappa shape index (κ3) is 3.18. The minimum Gasteiger partial charge on any atom is -0.477 e. The largest absolute Gasteiger partial charge is 0.477 e. The summed E-state index contributed by atoms with van der Waals surface area (Å²) >= 11 is 1.48. The number of aromatic nitrogens is 2. The molecule has 0 aliphatic carbocycles. The van der Waals surface area contributed by atoms with Crippen molar-refractivity contribution in [3.05, 3.63) is 46.2 Å². The predicted octanol–water partition coefficient (Wildman–Crippen LogP) is 2.12. The van der Waals surface area contributed by atoms with Crippen molar-refractivity contribution < 1.29 is 14.7 Å². The molecule has 2 rings (SSSR count). The number of amides is 1. The summed E-state index contributed by atoms with van der Waals surface area (Å²) in [4.78, 5) is 30.7. The smallest absolute Gasteiger partial charge is 0.354 e. The van der Waals surface area contributed by atoms with Crippen LogP contribution in [0.3, 0.4) is 0 Å². The minimum absolute atomic E-state index is 0.0893. The SMILES string of the molecule is CCC(NC(=O)c1ccc(C(=O)O)nc1)c1nccs1. The van der Waals surface area contributed by atoms with Crippen LogP contribution >= 0.6 is 11.3 Å². The van der Waals surface area contributed by atoms with E-state index in [0.29, 0.717) is 5.56 Å². The average molecular weight is 291 g/mol. The summed E-state index contributed by atoms with van der Waals surface area (Å²) in [5.74, 6) is -1.41. The zero-order chi connectivity index (χ0) is 14.5. The second-order valence-corrected chi connectivity index (χ2v) is 4.97. The van der Waals surface area contributed by atoms with Crippen molar-refractivity contribution in [2.45, 2.75) is 19.4 Å². The predicted molar refractivity (Wildman–Crippen MR) is 73.8 cm³/mol. The van der Waals surface area contributed by atoms with Gasteiger partial charge in [0.25, 0.3) is 5.91 Å². The van der Waals surface area contributed by atoms with Crippen molar-refractivity contribution in [2.24, 2.45) is 0 Å². The maximum absolute atomic E-state index is 12.1. The van der Waals surface area contributed by atoms with Crippen LogP contribution in [-0.4, -0.2) is 27.0 Å². The van der Waals surface area contributed by atoms with Crippen molar-refractivity contribution in [1.82, 2.24) is 15.3 Å². The van der Waals surface area contributed by atoms with E-state index in [9.17, 15) is 9.59 Å². The molecule has 1 unspecified atom stereocenters. The highest BCUT2D eigenvalue weighted by Crippen LogP contribution is 2.19. The van der Waals surface area contributed by atoms with Crippen molar-refractivity contribution in [3.63, 3.8) is 0 Å². The summed E-state index contributed by atoms with van der Waals surface area (Å²) in [7, 11) is 0. The summed E-state index contributed by atoms with van der Waals surface area (Å²) in [6.45, 7) is 1.96. The van der Waals surface area contributed by atoms with E-state index < -0.39 is 5.97 Å². The second-order valence-electron chi connectivity index (χ2n) is 4.04. The van der Waals surface area contributed by atoms with Gasteiger partial charge in [-0.2, -0.15) is 0 Å². The van der Waals surface area contributed by atoms with Crippen LogP contribution in [0.5, 0.6) is 0 Å². The van der Waals surface area contributed by atoms with Gasteiger partial charge in [-0.3, -0.25) is 4.79 Å². The summed E-state index contributed by atoms with van der Waals surface area (Å²) in [6.07, 6.45) is 3.67. The van der Waals surface area contributed by atoms with E-state index in [1.54, 1.807) is 6.20 Å². The maximum atomic E-state index is 12.1. The van der Waals surface area contributed by atoms with Crippen LogP contribution in [0.4, 0.5) is 0 Å². The van der Waals surface area contributed by atoms with E-state index >= 15 is 0 Å². The van der Waals surface area contributed by atoms with E-state index in [1.165, 1.54) is 29.7 Å². The lowest BCUT2D eigenvalue weighted by Gasteiger charge is -2.14. The third-order valence-corrected chi connectivity index (χ3v) is 3.60. The number of nitrogens with one attached hydrogen (secondary N) is 1. The van der Waals surface area contributed by atoms with Crippen LogP contribution in [0.2, 0.25) is 0 Å². The summed E-state index contributed by atoms with van der Waals surface area (Å²) in [5, 5.41) is 14.3. The fourth-order valence-electron chi connectivity index (χ4n) is 1.64. The Morgan fingerprint density at radius 2 is 2.20 bits per heavy atom. The Morgan fingerprint density at radius 3 is 2.70 bits per heavy atom. The molecule has 7 heteroatoms. The Balaban J connectivity index is 2.09. The van der Waals surface area contributed by atoms with E-state index in [2.05, 4.69) is 15.3 Å². The molecule has 20 heavy (non-hydrogen) atoms. The normalized spacial score (nSPS) is 11.8. The molecule has 0 aromatic carbocycles. The summed E-state index contributed by atoms with van der Waals surface area (Å²) in [6, 6.07) is 2.60. The number of carbonyl (C=O) groups excluding carboxylic acids is 1. The van der Waals surface area contributed by atoms with Gasteiger partial charge >= 0.3 is 5.97 Å². The minimum atomic E-state index is -1.12. The van der Waals surface area contributed by atoms with Crippen LogP contribution in [0.1, 0.15) is 45.2 Å². The van der Waals surface area contributed by atoms with E-state index in [-0.39, 0.29) is 17.6 Å². The number of carboxylic acid groups (broad SMARTS) is 1. The standard InChI is InChI=1S/C13H13N3O3S/c1-2-9(12-14-5-6-20-12)16-11(17)8-3-4-10(13(18)19)15-7-8/h3-7,9H,2H2,1H3,(H,16,17)(H,18,19). The number of pyridine rings is 1. The van der Waals surface area contributed by atoms with Gasteiger partial charge in [-0.25, -0.2) is 14.8 Å². The molecule has 0 bridgehead atoms. The first-order valence-corrected chi connectivity index (χ1v) is 6.89. The van der Waals surface area contributed by atoms with E-state index in [1.807, 2.05) is 12.3 Å². The van der Waals surface area contributed by atoms with Gasteiger partial charge in [0.15, 0.2) is 0 Å². The Bertz CT molecular complexity index is 596. The Hall–Kier alpha value is -2.28. The first kappa shape index (κ1) is 14.1. The van der Waals surface area contributed by atoms with Gasteiger partial charge in [0.05, 0.1) is 11.6 Å². The highest BCUT2D eigenvalue weighted by atomic mass is 32.1. The van der Waals surface area contributed by atoms with Gasteiger partial charge in [-0.1, -0.05) is 6.92 Å². The molecular weight excluding hydrogens is 278 g/mol. The number of rotatable bonds is 5. The van der Waals surface area contributed by atoms with E-state index in [4.69, 9.17) is 5.11 Å². The molecule has 0 saturated heterocycles. The molecular formula is C13H13N3O3S. The lowest BCUT2D eigenvalue weighted by Crippen LogP contribution is -2.28. The number of nitrogens with zero attached hydrogens (tertiary/aromatic N) is 2. The molecule has 2 aromatic heterocycles. The molecule has 104 valence electrons. The number of hydrogen-bond donors (Lipinski definition) is 2. The highest BCUT2D eigenvalue weighted by Gasteiger charge is 2.16. The van der Waals surface area contributed by atoms with Gasteiger partial charge in [0.1, 0.15) is 10.7 Å². The molecule has 1 atom stereocenters. The van der Waals surface area contributed by atoms with Gasteiger partial charge in [0.2, 0.25) is 0 Å². The van der Waals surface area contributed by atoms with Gasteiger partial charge in [-0.05, 0) is 18.6 Å². The quantitative estimate of drug-likeness (QED) is 0.880. The van der Waals surface area contributed by atoms with Gasteiger partial charge in [-0.15, -0.1) is 11.3 Å². The number of aromatic carboxylic acids is 1. The lowest BCUT2D eigenvalue weighted by atomic mass is 10.2. The van der Waals surface area contributed by atoms with Crippen molar-refractivity contribution in [3.8, 4) is 0 Å². The molecule has 0 aliphatic heterocycles. The lowest BCUT2D eigenvalue weighted by molar-refractivity contribution is 0.0689. The first-order chi connectivity index (χ1) is 9.61. The zero-order valence-corrected chi connectivity index (χ0v) is 11.6. The third-order valence-electron chi connectivity index (χ3n) is 2.71. The fourth-order valence-corrected chi connectivity index (χ4v) is 2.41. The van der Waals surface area contributed by atoms with Crippen molar-refractivity contribution >= 4 is 23.2 Å². The van der Waals surface area contributed by atoms with Crippen LogP contribution in [0.25, 0.3) is 0 Å². The molecule has 6 nitrogen and oxygen atoms in total. The molecule has 0 radical (unpaired) electrons. The van der Waals surface area contributed by atoms with Crippen LogP contribution in [0, 0.1) is 0 Å². The zero-order valence-electron chi connectivity index (χ0n) is 10.7. The molecule has 0 saturated carbocycles. The first-order valence-electron chi connectivity index (χ1n) is 6.01. The topological polar surface area (TPSA) is 92.2 Å². The molecule has 2 aromatic rings. The van der Waals surface area contributed by atoms with Gasteiger partial charge < -0.3 is 10.4 Å². The van der Waals surface area contributed by atoms with Gasteiger partial charge in [0, 0.05) is 17.8 Å². The summed E-state index contributed by atoms with van der Waals surface area (Å²) in [5.41, 5.74) is 0.235. The van der Waals surface area contributed by atoms with Crippen LogP contribution < -0.4 is 5.32 Å². The Kier molecular flexibility index (Phi) is 4.41. The monoisotopic (exact) mass is 291 g/mol. The van der Waals surface area contributed by atoms with Crippen LogP contribution in [0.15, 0.2) is 29.9 Å². The molecule has 1 amide bonds. The number of carbonyl (C=O) groups is 2. The van der Waals surface area contributed by atoms with E-state index in [0.717, 1.165) is 11.4 Å². The number of carboxylic acids is 1. The fraction of sp³-hybridized carbons (Fsp3) is 0.231. The molecule has 2 heterocycles.